The lowest BCUT2D eigenvalue weighted by Gasteiger charge is -2.25. The smallest absolute Gasteiger partial charge is 0.264 e. The summed E-state index contributed by atoms with van der Waals surface area (Å²) in [7, 11) is -2.55. The van der Waals surface area contributed by atoms with Gasteiger partial charge in [-0.25, -0.2) is 8.42 Å². The number of para-hydroxylation sites is 2. The van der Waals surface area contributed by atoms with Crippen molar-refractivity contribution < 1.29 is 22.7 Å². The van der Waals surface area contributed by atoms with Crippen LogP contribution in [0.5, 0.6) is 0 Å². The van der Waals surface area contributed by atoms with Crippen molar-refractivity contribution in [2.45, 2.75) is 18.2 Å². The predicted molar refractivity (Wildman–Crippen MR) is 141 cm³/mol. The lowest BCUT2D eigenvalue weighted by atomic mass is 10.1. The van der Waals surface area contributed by atoms with Crippen molar-refractivity contribution in [1.29, 1.82) is 0 Å². The molecular weight excluding hydrogens is 502 g/mol. The Kier molecular flexibility index (Phi) is 9.46. The molecule has 190 valence electrons. The minimum atomic E-state index is -4.13. The van der Waals surface area contributed by atoms with Crippen molar-refractivity contribution >= 4 is 44.8 Å². The monoisotopic (exact) mass is 529 g/mol. The summed E-state index contributed by atoms with van der Waals surface area (Å²) in [6.07, 6.45) is 0.639. The molecular formula is C26H28ClN3O5S. The zero-order chi connectivity index (χ0) is 26.1. The first-order valence-corrected chi connectivity index (χ1v) is 13.1. The van der Waals surface area contributed by atoms with Gasteiger partial charge >= 0.3 is 0 Å². The largest absolute Gasteiger partial charge is 0.385 e. The van der Waals surface area contributed by atoms with Crippen molar-refractivity contribution in [3.63, 3.8) is 0 Å². The Bertz CT molecular complexity index is 1310. The average molecular weight is 530 g/mol. The number of benzene rings is 3. The normalized spacial score (nSPS) is 11.1. The lowest BCUT2D eigenvalue weighted by Crippen LogP contribution is -2.38. The van der Waals surface area contributed by atoms with Crippen LogP contribution in [0, 0.1) is 6.92 Å². The number of hydrogen-bond donors (Lipinski definition) is 2. The molecule has 2 N–H and O–H groups in total. The van der Waals surface area contributed by atoms with E-state index in [9.17, 15) is 18.0 Å². The number of nitrogens with zero attached hydrogens (tertiary/aromatic N) is 1. The minimum absolute atomic E-state index is 0.0247. The predicted octanol–water partition coefficient (Wildman–Crippen LogP) is 4.25. The van der Waals surface area contributed by atoms with E-state index in [0.29, 0.717) is 19.6 Å². The molecule has 0 aliphatic carbocycles. The SMILES string of the molecule is COCCCNC(=O)c1ccccc1NC(=O)CN(c1ccccc1Cl)S(=O)(=O)c1ccc(C)cc1. The molecule has 2 amide bonds. The summed E-state index contributed by atoms with van der Waals surface area (Å²) in [5.74, 6) is -0.998. The Morgan fingerprint density at radius 1 is 0.972 bits per heavy atom. The molecule has 0 atom stereocenters. The highest BCUT2D eigenvalue weighted by Gasteiger charge is 2.29. The summed E-state index contributed by atoms with van der Waals surface area (Å²) in [5, 5.41) is 5.63. The second kappa shape index (κ2) is 12.5. The first-order valence-electron chi connectivity index (χ1n) is 11.2. The molecule has 36 heavy (non-hydrogen) atoms. The fraction of sp³-hybridized carbons (Fsp3) is 0.231. The van der Waals surface area contributed by atoms with Crippen LogP contribution in [0.4, 0.5) is 11.4 Å². The second-order valence-electron chi connectivity index (χ2n) is 7.97. The van der Waals surface area contributed by atoms with Crippen molar-refractivity contribution in [3.05, 3.63) is 88.9 Å². The average Bonchev–Trinajstić information content (AvgIpc) is 2.86. The molecule has 0 unspecified atom stereocenters. The van der Waals surface area contributed by atoms with Crippen molar-refractivity contribution in [1.82, 2.24) is 5.32 Å². The minimum Gasteiger partial charge on any atom is -0.385 e. The lowest BCUT2D eigenvalue weighted by molar-refractivity contribution is -0.114. The summed E-state index contributed by atoms with van der Waals surface area (Å²) in [4.78, 5) is 25.8. The maximum Gasteiger partial charge on any atom is 0.264 e. The van der Waals surface area contributed by atoms with Crippen molar-refractivity contribution in [2.24, 2.45) is 0 Å². The fourth-order valence-corrected chi connectivity index (χ4v) is 5.14. The number of rotatable bonds is 11. The molecule has 0 aliphatic rings. The molecule has 0 heterocycles. The Labute approximate surface area is 216 Å². The molecule has 8 nitrogen and oxygen atoms in total. The van der Waals surface area contributed by atoms with Crippen LogP contribution in [0.25, 0.3) is 0 Å². The van der Waals surface area contributed by atoms with Gasteiger partial charge in [-0.3, -0.25) is 13.9 Å². The van der Waals surface area contributed by atoms with E-state index >= 15 is 0 Å². The molecule has 0 spiro atoms. The number of aryl methyl sites for hydroxylation is 1. The number of amides is 2. The number of nitrogens with one attached hydrogen (secondary N) is 2. The van der Waals surface area contributed by atoms with E-state index in [0.717, 1.165) is 9.87 Å². The molecule has 0 saturated carbocycles. The third-order valence-corrected chi connectivity index (χ3v) is 7.37. The second-order valence-corrected chi connectivity index (χ2v) is 10.2. The molecule has 3 aromatic rings. The number of carbonyl (C=O) groups is 2. The number of halogens is 1. The summed E-state index contributed by atoms with van der Waals surface area (Å²) in [6, 6.07) is 19.2. The highest BCUT2D eigenvalue weighted by molar-refractivity contribution is 7.92. The highest BCUT2D eigenvalue weighted by atomic mass is 35.5. The molecule has 3 aromatic carbocycles. The van der Waals surface area contributed by atoms with Crippen LogP contribution in [-0.4, -0.2) is 47.0 Å². The van der Waals surface area contributed by atoms with Crippen LogP contribution < -0.4 is 14.9 Å². The zero-order valence-electron chi connectivity index (χ0n) is 20.0. The van der Waals surface area contributed by atoms with Crippen LogP contribution in [0.1, 0.15) is 22.3 Å². The van der Waals surface area contributed by atoms with Gasteiger partial charge in [0.15, 0.2) is 0 Å². The highest BCUT2D eigenvalue weighted by Crippen LogP contribution is 2.30. The van der Waals surface area contributed by atoms with E-state index in [1.54, 1.807) is 61.7 Å². The van der Waals surface area contributed by atoms with Gasteiger partial charge in [-0.2, -0.15) is 0 Å². The van der Waals surface area contributed by atoms with Crippen LogP contribution in [0.2, 0.25) is 5.02 Å². The van der Waals surface area contributed by atoms with E-state index in [2.05, 4.69) is 10.6 Å². The van der Waals surface area contributed by atoms with E-state index in [1.165, 1.54) is 18.2 Å². The molecule has 0 bridgehead atoms. The molecule has 0 aliphatic heterocycles. The number of sulfonamides is 1. The molecule has 0 saturated heterocycles. The number of methoxy groups -OCH3 is 1. The van der Waals surface area contributed by atoms with Gasteiger partial charge in [0.1, 0.15) is 6.54 Å². The Morgan fingerprint density at radius 3 is 2.33 bits per heavy atom. The van der Waals surface area contributed by atoms with Crippen LogP contribution in [-0.2, 0) is 19.6 Å². The third-order valence-electron chi connectivity index (χ3n) is 5.27. The number of carbonyl (C=O) groups excluding carboxylic acids is 2. The van der Waals surface area contributed by atoms with Gasteiger partial charge in [0.25, 0.3) is 15.9 Å². The van der Waals surface area contributed by atoms with E-state index < -0.39 is 22.5 Å². The van der Waals surface area contributed by atoms with Gasteiger partial charge in [0.2, 0.25) is 5.91 Å². The molecule has 10 heteroatoms. The Hall–Kier alpha value is -3.40. The maximum atomic E-state index is 13.5. The van der Waals surface area contributed by atoms with Gasteiger partial charge in [0.05, 0.1) is 26.9 Å². The third kappa shape index (κ3) is 6.84. The van der Waals surface area contributed by atoms with Gasteiger partial charge in [-0.05, 0) is 49.7 Å². The van der Waals surface area contributed by atoms with Crippen LogP contribution in [0.15, 0.2) is 77.7 Å². The van der Waals surface area contributed by atoms with Crippen LogP contribution >= 0.6 is 11.6 Å². The molecule has 0 aromatic heterocycles. The van der Waals surface area contributed by atoms with E-state index in [-0.39, 0.29) is 32.8 Å². The maximum absolute atomic E-state index is 13.5. The first kappa shape index (κ1) is 27.2. The summed E-state index contributed by atoms with van der Waals surface area (Å²) in [5.41, 5.74) is 1.58. The van der Waals surface area contributed by atoms with Gasteiger partial charge < -0.3 is 15.4 Å². The quantitative estimate of drug-likeness (QED) is 0.361. The number of anilines is 2. The zero-order valence-corrected chi connectivity index (χ0v) is 21.6. The van der Waals surface area contributed by atoms with Gasteiger partial charge in [-0.1, -0.05) is 53.6 Å². The van der Waals surface area contributed by atoms with Gasteiger partial charge in [-0.15, -0.1) is 0 Å². The number of ether oxygens (including phenoxy) is 1. The Morgan fingerprint density at radius 2 is 1.64 bits per heavy atom. The number of hydrogen-bond acceptors (Lipinski definition) is 5. The first-order chi connectivity index (χ1) is 17.2. The standard InChI is InChI=1S/C26H28ClN3O5S/c1-19-12-14-20(15-13-19)36(33,34)30(24-11-6-4-9-22(24)27)18-25(31)29-23-10-5-3-8-21(23)26(32)28-16-7-17-35-2/h3-6,8-15H,7,16-18H2,1-2H3,(H,28,32)(H,29,31). The molecule has 0 fully saturated rings. The van der Waals surface area contributed by atoms with E-state index in [4.69, 9.17) is 16.3 Å². The fourth-order valence-electron chi connectivity index (χ4n) is 3.42. The van der Waals surface area contributed by atoms with Crippen molar-refractivity contribution in [3.8, 4) is 0 Å². The summed E-state index contributed by atoms with van der Waals surface area (Å²) >= 11 is 6.32. The molecule has 3 rings (SSSR count). The van der Waals surface area contributed by atoms with Crippen molar-refractivity contribution in [2.75, 3.05) is 36.4 Å². The molecule has 0 radical (unpaired) electrons. The van der Waals surface area contributed by atoms with Crippen LogP contribution in [0.3, 0.4) is 0 Å². The summed E-state index contributed by atoms with van der Waals surface area (Å²) < 4.78 is 33.0. The van der Waals surface area contributed by atoms with E-state index in [1.807, 2.05) is 6.92 Å². The topological polar surface area (TPSA) is 105 Å². The Balaban J connectivity index is 1.86. The summed E-state index contributed by atoms with van der Waals surface area (Å²) in [6.45, 7) is 2.21. The van der Waals surface area contributed by atoms with Gasteiger partial charge in [0, 0.05) is 20.3 Å².